The lowest BCUT2D eigenvalue weighted by Gasteiger charge is -2.12. The molecule has 0 heterocycles. The molecule has 23 heavy (non-hydrogen) atoms. The van der Waals surface area contributed by atoms with Crippen LogP contribution in [-0.2, 0) is 10.0 Å². The average Bonchev–Trinajstić information content (AvgIpc) is 2.53. The van der Waals surface area contributed by atoms with Crippen molar-refractivity contribution in [1.29, 1.82) is 5.26 Å². The van der Waals surface area contributed by atoms with E-state index in [1.54, 1.807) is 0 Å². The van der Waals surface area contributed by atoms with Gasteiger partial charge in [0.1, 0.15) is 0 Å². The minimum Gasteiger partial charge on any atom is -0.214 e. The van der Waals surface area contributed by atoms with Gasteiger partial charge in [-0.1, -0.05) is 84.5 Å². The molecule has 0 aliphatic carbocycles. The monoisotopic (exact) mass is 344 g/mol. The third-order valence-electron chi connectivity index (χ3n) is 4.17. The number of nitriles is 1. The highest BCUT2D eigenvalue weighted by Crippen LogP contribution is 2.12. The van der Waals surface area contributed by atoms with E-state index in [-0.39, 0.29) is 0 Å². The van der Waals surface area contributed by atoms with Crippen molar-refractivity contribution < 1.29 is 8.42 Å². The lowest BCUT2D eigenvalue weighted by molar-refractivity contribution is 0.548. The smallest absolute Gasteiger partial charge is 0.214 e. The Labute approximate surface area is 144 Å². The van der Waals surface area contributed by atoms with Crippen LogP contribution in [0.4, 0.5) is 0 Å². The van der Waals surface area contributed by atoms with E-state index >= 15 is 0 Å². The third kappa shape index (κ3) is 12.5. The van der Waals surface area contributed by atoms with Crippen LogP contribution in [0.3, 0.4) is 0 Å². The van der Waals surface area contributed by atoms with E-state index in [9.17, 15) is 8.42 Å². The van der Waals surface area contributed by atoms with Crippen molar-refractivity contribution >= 4 is 10.0 Å². The Morgan fingerprint density at radius 1 is 0.826 bits per heavy atom. The molecular formula is C18H36N2O2S. The quantitative estimate of drug-likeness (QED) is 0.404. The number of hydrogen-bond donors (Lipinski definition) is 1. The normalized spacial score (nSPS) is 12.9. The second kappa shape index (κ2) is 15.0. The van der Waals surface area contributed by atoms with Gasteiger partial charge in [-0.05, 0) is 12.8 Å². The second-order valence-corrected chi connectivity index (χ2v) is 8.33. The second-order valence-electron chi connectivity index (χ2n) is 6.38. The Bertz CT molecular complexity index is 402. The summed E-state index contributed by atoms with van der Waals surface area (Å²) in [5.74, 6) is 0. The first-order chi connectivity index (χ1) is 11.1. The SMILES string of the molecule is CCCCCCCCCNS(=O)(=O)C(C#N)CCCCCCC. The van der Waals surface area contributed by atoms with Crippen LogP contribution in [0, 0.1) is 11.3 Å². The fourth-order valence-corrected chi connectivity index (χ4v) is 3.87. The van der Waals surface area contributed by atoms with Crippen molar-refractivity contribution in [2.24, 2.45) is 0 Å². The van der Waals surface area contributed by atoms with Gasteiger partial charge >= 0.3 is 0 Å². The van der Waals surface area contributed by atoms with Gasteiger partial charge in [-0.15, -0.1) is 0 Å². The number of sulfonamides is 1. The number of rotatable bonds is 16. The molecule has 5 heteroatoms. The molecular weight excluding hydrogens is 308 g/mol. The van der Waals surface area contributed by atoms with Gasteiger partial charge in [-0.3, -0.25) is 0 Å². The van der Waals surface area contributed by atoms with Crippen LogP contribution < -0.4 is 4.72 Å². The van der Waals surface area contributed by atoms with Crippen molar-refractivity contribution in [3.63, 3.8) is 0 Å². The van der Waals surface area contributed by atoms with Crippen LogP contribution in [-0.4, -0.2) is 20.2 Å². The first-order valence-electron chi connectivity index (χ1n) is 9.46. The van der Waals surface area contributed by atoms with Gasteiger partial charge in [0.25, 0.3) is 0 Å². The highest BCUT2D eigenvalue weighted by molar-refractivity contribution is 7.90. The molecule has 1 N–H and O–H groups in total. The number of hydrogen-bond acceptors (Lipinski definition) is 3. The molecule has 0 aliphatic rings. The predicted octanol–water partition coefficient (Wildman–Crippen LogP) is 4.91. The molecule has 0 fully saturated rings. The van der Waals surface area contributed by atoms with Crippen molar-refractivity contribution in [1.82, 2.24) is 4.72 Å². The van der Waals surface area contributed by atoms with Crippen molar-refractivity contribution in [3.8, 4) is 6.07 Å². The van der Waals surface area contributed by atoms with Crippen LogP contribution in [0.5, 0.6) is 0 Å². The summed E-state index contributed by atoms with van der Waals surface area (Å²) in [4.78, 5) is 0. The van der Waals surface area contributed by atoms with E-state index in [0.717, 1.165) is 32.1 Å². The van der Waals surface area contributed by atoms with E-state index < -0.39 is 15.3 Å². The topological polar surface area (TPSA) is 70.0 Å². The molecule has 0 saturated carbocycles. The number of unbranched alkanes of at least 4 members (excludes halogenated alkanes) is 10. The van der Waals surface area contributed by atoms with Crippen molar-refractivity contribution in [2.75, 3.05) is 6.54 Å². The summed E-state index contributed by atoms with van der Waals surface area (Å²) < 4.78 is 26.9. The zero-order valence-electron chi connectivity index (χ0n) is 15.1. The first kappa shape index (κ1) is 22.4. The van der Waals surface area contributed by atoms with E-state index in [1.165, 1.54) is 44.9 Å². The van der Waals surface area contributed by atoms with E-state index in [1.807, 2.05) is 6.07 Å². The molecule has 0 aliphatic heterocycles. The summed E-state index contributed by atoms with van der Waals surface area (Å²) in [6.45, 7) is 4.81. The zero-order chi connectivity index (χ0) is 17.4. The van der Waals surface area contributed by atoms with E-state index in [0.29, 0.717) is 13.0 Å². The molecule has 1 unspecified atom stereocenters. The highest BCUT2D eigenvalue weighted by Gasteiger charge is 2.23. The Hall–Kier alpha value is -0.600. The van der Waals surface area contributed by atoms with Gasteiger partial charge < -0.3 is 0 Å². The van der Waals surface area contributed by atoms with Crippen LogP contribution in [0.2, 0.25) is 0 Å². The largest absolute Gasteiger partial charge is 0.227 e. The maximum atomic E-state index is 12.1. The van der Waals surface area contributed by atoms with Gasteiger partial charge in [0.2, 0.25) is 10.0 Å². The number of nitrogens with one attached hydrogen (secondary N) is 1. The maximum Gasteiger partial charge on any atom is 0.227 e. The van der Waals surface area contributed by atoms with Gasteiger partial charge in [0.15, 0.2) is 5.25 Å². The summed E-state index contributed by atoms with van der Waals surface area (Å²) in [5.41, 5.74) is 0. The third-order valence-corrected chi connectivity index (χ3v) is 5.87. The molecule has 0 aromatic rings. The van der Waals surface area contributed by atoms with Crippen LogP contribution in [0.1, 0.15) is 97.3 Å². The molecule has 0 saturated heterocycles. The molecule has 0 aromatic carbocycles. The van der Waals surface area contributed by atoms with E-state index in [4.69, 9.17) is 5.26 Å². The zero-order valence-corrected chi connectivity index (χ0v) is 16.0. The van der Waals surface area contributed by atoms with Crippen LogP contribution in [0.15, 0.2) is 0 Å². The summed E-state index contributed by atoms with van der Waals surface area (Å²) in [6, 6.07) is 1.96. The predicted molar refractivity (Wildman–Crippen MR) is 97.7 cm³/mol. The molecule has 0 rings (SSSR count). The van der Waals surface area contributed by atoms with Gasteiger partial charge in [-0.2, -0.15) is 5.26 Å². The molecule has 0 radical (unpaired) electrons. The molecule has 4 nitrogen and oxygen atoms in total. The maximum absolute atomic E-state index is 12.1. The summed E-state index contributed by atoms with van der Waals surface area (Å²) in [7, 11) is -3.48. The summed E-state index contributed by atoms with van der Waals surface area (Å²) >= 11 is 0. The Kier molecular flexibility index (Phi) is 14.6. The van der Waals surface area contributed by atoms with Crippen LogP contribution in [0.25, 0.3) is 0 Å². The minimum atomic E-state index is -3.48. The Morgan fingerprint density at radius 2 is 1.30 bits per heavy atom. The summed E-state index contributed by atoms with van der Waals surface area (Å²) in [6.07, 6.45) is 13.9. The van der Waals surface area contributed by atoms with Gasteiger partial charge in [-0.25, -0.2) is 13.1 Å². The fourth-order valence-electron chi connectivity index (χ4n) is 2.62. The van der Waals surface area contributed by atoms with E-state index in [2.05, 4.69) is 18.6 Å². The lowest BCUT2D eigenvalue weighted by atomic mass is 10.1. The van der Waals surface area contributed by atoms with Crippen molar-refractivity contribution in [3.05, 3.63) is 0 Å². The molecule has 0 bridgehead atoms. The fraction of sp³-hybridized carbons (Fsp3) is 0.944. The molecule has 136 valence electrons. The number of nitrogens with zero attached hydrogens (tertiary/aromatic N) is 1. The Balaban J connectivity index is 3.83. The molecule has 0 aromatic heterocycles. The Morgan fingerprint density at radius 3 is 1.83 bits per heavy atom. The lowest BCUT2D eigenvalue weighted by Crippen LogP contribution is -2.34. The molecule has 1 atom stereocenters. The molecule has 0 amide bonds. The van der Waals surface area contributed by atoms with Gasteiger partial charge in [0, 0.05) is 6.54 Å². The summed E-state index contributed by atoms with van der Waals surface area (Å²) in [5, 5.41) is 8.22. The molecule has 0 spiro atoms. The first-order valence-corrected chi connectivity index (χ1v) is 11.0. The standard InChI is InChI=1S/C18H36N2O2S/c1-3-5-7-9-10-12-14-16-20-23(21,22)18(17-19)15-13-11-8-6-4-2/h18,20H,3-16H2,1-2H3. The average molecular weight is 345 g/mol. The van der Waals surface area contributed by atoms with Gasteiger partial charge in [0.05, 0.1) is 6.07 Å². The highest BCUT2D eigenvalue weighted by atomic mass is 32.2. The van der Waals surface area contributed by atoms with Crippen LogP contribution >= 0.6 is 0 Å². The van der Waals surface area contributed by atoms with Crippen molar-refractivity contribution in [2.45, 2.75) is 103 Å². The minimum absolute atomic E-state index is 0.451.